The smallest absolute Gasteiger partial charge is 0.302 e. The summed E-state index contributed by atoms with van der Waals surface area (Å²) in [5.41, 5.74) is 1.59. The summed E-state index contributed by atoms with van der Waals surface area (Å²) in [6, 6.07) is 10.9. The van der Waals surface area contributed by atoms with E-state index in [2.05, 4.69) is 36.1 Å². The molecule has 3 heteroatoms. The second kappa shape index (κ2) is 4.64. The number of likely N-dealkylation sites (tertiary alicyclic amines) is 1. The maximum atomic E-state index is 11.2. The number of esters is 1. The van der Waals surface area contributed by atoms with E-state index in [1.54, 1.807) is 0 Å². The number of carbonyl (C=O) groups is 1. The van der Waals surface area contributed by atoms with Crippen LogP contribution in [-0.2, 0) is 9.53 Å². The van der Waals surface area contributed by atoms with Gasteiger partial charge in [-0.3, -0.25) is 9.69 Å². The van der Waals surface area contributed by atoms with Crippen molar-refractivity contribution in [1.29, 1.82) is 0 Å². The summed E-state index contributed by atoms with van der Waals surface area (Å²) in [7, 11) is 0. The van der Waals surface area contributed by atoms with Gasteiger partial charge in [-0.2, -0.15) is 0 Å². The van der Waals surface area contributed by atoms with Crippen LogP contribution >= 0.6 is 0 Å². The summed E-state index contributed by atoms with van der Waals surface area (Å²) < 4.78 is 5.52. The Kier molecular flexibility index (Phi) is 3.09. The molecule has 1 aliphatic heterocycles. The summed E-state index contributed by atoms with van der Waals surface area (Å²) in [5.74, 6) is -0.148. The Bertz CT molecular complexity index is 467. The first-order chi connectivity index (χ1) is 9.11. The third-order valence-corrected chi connectivity index (χ3v) is 4.63. The van der Waals surface area contributed by atoms with Crippen LogP contribution in [0.15, 0.2) is 30.3 Å². The molecule has 1 heterocycles. The van der Waals surface area contributed by atoms with E-state index in [1.165, 1.54) is 25.3 Å². The predicted octanol–water partition coefficient (Wildman–Crippen LogP) is 2.78. The third-order valence-electron chi connectivity index (χ3n) is 4.63. The van der Waals surface area contributed by atoms with Crippen LogP contribution in [0.3, 0.4) is 0 Å². The van der Waals surface area contributed by atoms with Crippen LogP contribution < -0.4 is 0 Å². The molecule has 3 rings (SSSR count). The molecule has 1 aromatic rings. The molecule has 0 N–H and O–H groups in total. The van der Waals surface area contributed by atoms with Gasteiger partial charge in [-0.15, -0.1) is 0 Å². The van der Waals surface area contributed by atoms with Crippen LogP contribution in [0, 0.1) is 5.41 Å². The average molecular weight is 259 g/mol. The third kappa shape index (κ3) is 2.39. The first kappa shape index (κ1) is 12.7. The van der Waals surface area contributed by atoms with Gasteiger partial charge in [0.25, 0.3) is 0 Å². The van der Waals surface area contributed by atoms with Crippen molar-refractivity contribution in [2.75, 3.05) is 13.1 Å². The van der Waals surface area contributed by atoms with Crippen LogP contribution in [0.25, 0.3) is 0 Å². The molecule has 0 radical (unpaired) electrons. The number of rotatable bonds is 3. The van der Waals surface area contributed by atoms with Crippen molar-refractivity contribution in [1.82, 2.24) is 4.90 Å². The predicted molar refractivity (Wildman–Crippen MR) is 73.7 cm³/mol. The first-order valence-corrected chi connectivity index (χ1v) is 7.07. The monoisotopic (exact) mass is 259 g/mol. The minimum atomic E-state index is -0.148. The van der Waals surface area contributed by atoms with Gasteiger partial charge in [-0.25, -0.2) is 0 Å². The molecule has 0 amide bonds. The minimum absolute atomic E-state index is 0.0937. The lowest BCUT2D eigenvalue weighted by atomic mass is 10.0. The highest BCUT2D eigenvalue weighted by atomic mass is 16.5. The Morgan fingerprint density at radius 3 is 2.63 bits per heavy atom. The van der Waals surface area contributed by atoms with Gasteiger partial charge in [0.2, 0.25) is 0 Å². The molecule has 102 valence electrons. The average Bonchev–Trinajstić information content (AvgIpc) is 3.09. The topological polar surface area (TPSA) is 29.5 Å². The quantitative estimate of drug-likeness (QED) is 0.782. The molecule has 1 aromatic carbocycles. The molecule has 3 nitrogen and oxygen atoms in total. The van der Waals surface area contributed by atoms with E-state index in [0.29, 0.717) is 6.04 Å². The maximum absolute atomic E-state index is 11.2. The van der Waals surface area contributed by atoms with Crippen LogP contribution in [-0.4, -0.2) is 30.1 Å². The Morgan fingerprint density at radius 1 is 1.37 bits per heavy atom. The van der Waals surface area contributed by atoms with Crippen LogP contribution in [0.2, 0.25) is 0 Å². The summed E-state index contributed by atoms with van der Waals surface area (Å²) in [6.45, 7) is 5.68. The molecule has 0 bridgehead atoms. The lowest BCUT2D eigenvalue weighted by molar-refractivity contribution is -0.148. The van der Waals surface area contributed by atoms with Crippen molar-refractivity contribution in [2.45, 2.75) is 38.8 Å². The molecule has 2 aliphatic rings. The van der Waals surface area contributed by atoms with Gasteiger partial charge in [0.15, 0.2) is 0 Å². The number of hydrogen-bond donors (Lipinski definition) is 0. The van der Waals surface area contributed by atoms with Crippen LogP contribution in [0.4, 0.5) is 0 Å². The fourth-order valence-electron chi connectivity index (χ4n) is 3.22. The standard InChI is InChI=1S/C16H21NO2/c1-12(14-6-4-3-5-7-14)17-10-15(19-13(2)18)16(11-17)8-9-16/h3-7,12,15H,8-11H2,1-2H3. The fraction of sp³-hybridized carbons (Fsp3) is 0.562. The maximum Gasteiger partial charge on any atom is 0.302 e. The van der Waals surface area contributed by atoms with E-state index in [9.17, 15) is 4.79 Å². The van der Waals surface area contributed by atoms with Crippen LogP contribution in [0.5, 0.6) is 0 Å². The second-order valence-electron chi connectivity index (χ2n) is 5.98. The molecule has 19 heavy (non-hydrogen) atoms. The molecule has 2 atom stereocenters. The SMILES string of the molecule is CC(=O)OC1CN(C(C)c2ccccc2)CC12CC2. The fourth-order valence-corrected chi connectivity index (χ4v) is 3.22. The molecular formula is C16H21NO2. The largest absolute Gasteiger partial charge is 0.461 e. The number of nitrogens with zero attached hydrogens (tertiary/aromatic N) is 1. The molecular weight excluding hydrogens is 238 g/mol. The zero-order chi connectivity index (χ0) is 13.5. The molecule has 2 fully saturated rings. The van der Waals surface area contributed by atoms with Gasteiger partial charge in [0.1, 0.15) is 6.10 Å². The van der Waals surface area contributed by atoms with Gasteiger partial charge < -0.3 is 4.74 Å². The molecule has 1 saturated carbocycles. The van der Waals surface area contributed by atoms with Gasteiger partial charge in [-0.05, 0) is 25.3 Å². The van der Waals surface area contributed by atoms with E-state index in [1.807, 2.05) is 6.07 Å². The van der Waals surface area contributed by atoms with E-state index in [0.717, 1.165) is 13.1 Å². The molecule has 1 spiro atoms. The van der Waals surface area contributed by atoms with Gasteiger partial charge in [0, 0.05) is 31.5 Å². The van der Waals surface area contributed by atoms with Gasteiger partial charge in [0.05, 0.1) is 0 Å². The normalized spacial score (nSPS) is 26.3. The summed E-state index contributed by atoms with van der Waals surface area (Å²) in [4.78, 5) is 13.7. The Labute approximate surface area is 114 Å². The zero-order valence-corrected chi connectivity index (χ0v) is 11.6. The van der Waals surface area contributed by atoms with Gasteiger partial charge in [-0.1, -0.05) is 30.3 Å². The van der Waals surface area contributed by atoms with E-state index < -0.39 is 0 Å². The van der Waals surface area contributed by atoms with E-state index in [-0.39, 0.29) is 17.5 Å². The molecule has 0 aromatic heterocycles. The summed E-state index contributed by atoms with van der Waals surface area (Å²) in [6.07, 6.45) is 2.49. The van der Waals surface area contributed by atoms with Crippen LogP contribution in [0.1, 0.15) is 38.3 Å². The number of hydrogen-bond acceptors (Lipinski definition) is 3. The molecule has 1 aliphatic carbocycles. The highest BCUT2D eigenvalue weighted by Gasteiger charge is 2.57. The number of ether oxygens (including phenoxy) is 1. The lowest BCUT2D eigenvalue weighted by Gasteiger charge is -2.24. The van der Waals surface area contributed by atoms with E-state index in [4.69, 9.17) is 4.74 Å². The molecule has 2 unspecified atom stereocenters. The van der Waals surface area contributed by atoms with Crippen molar-refractivity contribution in [3.63, 3.8) is 0 Å². The number of benzene rings is 1. The van der Waals surface area contributed by atoms with Crippen molar-refractivity contribution in [3.8, 4) is 0 Å². The summed E-state index contributed by atoms with van der Waals surface area (Å²) in [5, 5.41) is 0. The van der Waals surface area contributed by atoms with Crippen molar-refractivity contribution >= 4 is 5.97 Å². The van der Waals surface area contributed by atoms with Gasteiger partial charge >= 0.3 is 5.97 Å². The van der Waals surface area contributed by atoms with Crippen molar-refractivity contribution in [2.24, 2.45) is 5.41 Å². The highest BCUT2D eigenvalue weighted by Crippen LogP contribution is 2.55. The second-order valence-corrected chi connectivity index (χ2v) is 5.98. The Morgan fingerprint density at radius 2 is 2.05 bits per heavy atom. The zero-order valence-electron chi connectivity index (χ0n) is 11.6. The van der Waals surface area contributed by atoms with Crippen molar-refractivity contribution in [3.05, 3.63) is 35.9 Å². The lowest BCUT2D eigenvalue weighted by Crippen LogP contribution is -2.27. The minimum Gasteiger partial charge on any atom is -0.461 e. The number of carbonyl (C=O) groups excluding carboxylic acids is 1. The Hall–Kier alpha value is -1.35. The Balaban J connectivity index is 1.72. The highest BCUT2D eigenvalue weighted by molar-refractivity contribution is 5.66. The van der Waals surface area contributed by atoms with Crippen molar-refractivity contribution < 1.29 is 9.53 Å². The first-order valence-electron chi connectivity index (χ1n) is 7.07. The molecule has 1 saturated heterocycles. The van der Waals surface area contributed by atoms with E-state index >= 15 is 0 Å². The summed E-state index contributed by atoms with van der Waals surface area (Å²) >= 11 is 0.